The Hall–Kier alpha value is -1.51. The van der Waals surface area contributed by atoms with Gasteiger partial charge >= 0.3 is 0 Å². The monoisotopic (exact) mass is 148 g/mol. The van der Waals surface area contributed by atoms with E-state index in [1.54, 1.807) is 13.0 Å². The van der Waals surface area contributed by atoms with Gasteiger partial charge in [0.25, 0.3) is 0 Å². The minimum Gasteiger partial charge on any atom is -0.287 e. The summed E-state index contributed by atoms with van der Waals surface area (Å²) >= 11 is 0. The molecule has 3 nitrogen and oxygen atoms in total. The Labute approximate surface area is 64.8 Å². The molecule has 0 amide bonds. The summed E-state index contributed by atoms with van der Waals surface area (Å²) in [6, 6.07) is 0. The molecule has 1 heterocycles. The van der Waals surface area contributed by atoms with Gasteiger partial charge in [0.05, 0.1) is 6.20 Å². The molecule has 0 aromatic carbocycles. The first kappa shape index (κ1) is 7.60. The molecule has 0 saturated heterocycles. The summed E-state index contributed by atoms with van der Waals surface area (Å²) in [5, 5.41) is 0. The molecule has 0 unspecified atom stereocenters. The average Bonchev–Trinajstić information content (AvgIpc) is 2.07. The lowest BCUT2D eigenvalue weighted by atomic mass is 10.3. The number of nitrogens with zero attached hydrogens (tertiary/aromatic N) is 2. The highest BCUT2D eigenvalue weighted by atomic mass is 16.1. The van der Waals surface area contributed by atoms with Crippen molar-refractivity contribution in [2.45, 2.75) is 6.92 Å². The van der Waals surface area contributed by atoms with Gasteiger partial charge in [0.15, 0.2) is 0 Å². The molecule has 0 N–H and O–H groups in total. The fraction of sp³-hybridized carbons (Fsp3) is 0.125. The Morgan fingerprint density at radius 1 is 1.55 bits per heavy atom. The summed E-state index contributed by atoms with van der Waals surface area (Å²) in [6.45, 7) is 1.79. The van der Waals surface area contributed by atoms with Crippen LogP contribution < -0.4 is 0 Å². The minimum atomic E-state index is -0.111. The summed E-state index contributed by atoms with van der Waals surface area (Å²) in [5.41, 5.74) is 0.380. The Morgan fingerprint density at radius 3 is 2.91 bits per heavy atom. The van der Waals surface area contributed by atoms with E-state index in [0.29, 0.717) is 5.69 Å². The third-order valence-corrected chi connectivity index (χ3v) is 1.13. The second-order valence-corrected chi connectivity index (χ2v) is 1.95. The third kappa shape index (κ3) is 1.97. The zero-order valence-electron chi connectivity index (χ0n) is 6.19. The molecular formula is C8H8N2O. The van der Waals surface area contributed by atoms with E-state index in [1.807, 2.05) is 0 Å². The second kappa shape index (κ2) is 3.61. The van der Waals surface area contributed by atoms with Gasteiger partial charge in [0, 0.05) is 12.4 Å². The van der Waals surface area contributed by atoms with Gasteiger partial charge in [-0.15, -0.1) is 0 Å². The molecule has 0 spiro atoms. The van der Waals surface area contributed by atoms with E-state index in [9.17, 15) is 4.79 Å². The lowest BCUT2D eigenvalue weighted by Gasteiger charge is -1.89. The highest BCUT2D eigenvalue weighted by Crippen LogP contribution is 1.92. The van der Waals surface area contributed by atoms with Crippen LogP contribution >= 0.6 is 0 Å². The van der Waals surface area contributed by atoms with E-state index < -0.39 is 0 Å². The van der Waals surface area contributed by atoms with Crippen LogP contribution in [0, 0.1) is 0 Å². The fourth-order valence-corrected chi connectivity index (χ4v) is 0.663. The van der Waals surface area contributed by atoms with Gasteiger partial charge in [-0.1, -0.05) is 6.08 Å². The molecule has 11 heavy (non-hydrogen) atoms. The number of hydrogen-bond acceptors (Lipinski definition) is 3. The maximum Gasteiger partial charge on any atom is 0.205 e. The van der Waals surface area contributed by atoms with Crippen molar-refractivity contribution in [2.75, 3.05) is 0 Å². The van der Waals surface area contributed by atoms with Crippen LogP contribution in [0.15, 0.2) is 30.7 Å². The van der Waals surface area contributed by atoms with E-state index in [4.69, 9.17) is 0 Å². The topological polar surface area (TPSA) is 42.9 Å². The SMILES string of the molecule is C/C=C/C(=O)c1cnccn1. The van der Waals surface area contributed by atoms with Gasteiger partial charge < -0.3 is 0 Å². The number of carbonyl (C=O) groups excluding carboxylic acids is 1. The van der Waals surface area contributed by atoms with Crippen LogP contribution in [-0.2, 0) is 0 Å². The van der Waals surface area contributed by atoms with Crippen molar-refractivity contribution in [1.82, 2.24) is 9.97 Å². The molecule has 1 aromatic heterocycles. The second-order valence-electron chi connectivity index (χ2n) is 1.95. The van der Waals surface area contributed by atoms with Gasteiger partial charge in [0.2, 0.25) is 5.78 Å². The molecule has 1 rings (SSSR count). The predicted octanol–water partition coefficient (Wildman–Crippen LogP) is 1.24. The molecule has 0 atom stereocenters. The van der Waals surface area contributed by atoms with Crippen molar-refractivity contribution >= 4 is 5.78 Å². The third-order valence-electron chi connectivity index (χ3n) is 1.13. The quantitative estimate of drug-likeness (QED) is 0.468. The first-order chi connectivity index (χ1) is 5.34. The van der Waals surface area contributed by atoms with Crippen molar-refractivity contribution in [2.24, 2.45) is 0 Å². The Morgan fingerprint density at radius 2 is 2.36 bits per heavy atom. The van der Waals surface area contributed by atoms with Crippen LogP contribution in [-0.4, -0.2) is 15.8 Å². The largest absolute Gasteiger partial charge is 0.287 e. The van der Waals surface area contributed by atoms with Crippen molar-refractivity contribution in [3.63, 3.8) is 0 Å². The Balaban J connectivity index is 2.86. The minimum absolute atomic E-state index is 0.111. The number of hydrogen-bond donors (Lipinski definition) is 0. The number of carbonyl (C=O) groups is 1. The highest BCUT2D eigenvalue weighted by Gasteiger charge is 1.99. The van der Waals surface area contributed by atoms with Crippen LogP contribution in [0.1, 0.15) is 17.4 Å². The average molecular weight is 148 g/mol. The fourth-order valence-electron chi connectivity index (χ4n) is 0.663. The summed E-state index contributed by atoms with van der Waals surface area (Å²) < 4.78 is 0. The number of aromatic nitrogens is 2. The van der Waals surface area contributed by atoms with Gasteiger partial charge in [-0.05, 0) is 13.0 Å². The summed E-state index contributed by atoms with van der Waals surface area (Å²) in [6.07, 6.45) is 7.62. The van der Waals surface area contributed by atoms with Crippen LogP contribution in [0.3, 0.4) is 0 Å². The smallest absolute Gasteiger partial charge is 0.205 e. The molecule has 0 saturated carbocycles. The zero-order chi connectivity index (χ0) is 8.10. The molecule has 0 aliphatic heterocycles. The summed E-state index contributed by atoms with van der Waals surface area (Å²) in [5.74, 6) is -0.111. The maximum absolute atomic E-state index is 11.1. The van der Waals surface area contributed by atoms with Crippen LogP contribution in [0.25, 0.3) is 0 Å². The Bertz CT molecular complexity index is 267. The summed E-state index contributed by atoms with van der Waals surface area (Å²) in [7, 11) is 0. The van der Waals surface area contributed by atoms with E-state index in [2.05, 4.69) is 9.97 Å². The molecule has 0 aliphatic carbocycles. The van der Waals surface area contributed by atoms with Gasteiger partial charge in [-0.25, -0.2) is 4.98 Å². The van der Waals surface area contributed by atoms with E-state index in [0.717, 1.165) is 0 Å². The maximum atomic E-state index is 11.1. The lowest BCUT2D eigenvalue weighted by Crippen LogP contribution is -1.97. The highest BCUT2D eigenvalue weighted by molar-refractivity contribution is 6.02. The van der Waals surface area contributed by atoms with Gasteiger partial charge in [-0.3, -0.25) is 9.78 Å². The zero-order valence-corrected chi connectivity index (χ0v) is 6.19. The lowest BCUT2D eigenvalue weighted by molar-refractivity contribution is 0.104. The molecule has 3 heteroatoms. The van der Waals surface area contributed by atoms with Crippen LogP contribution in [0.2, 0.25) is 0 Å². The first-order valence-corrected chi connectivity index (χ1v) is 3.27. The van der Waals surface area contributed by atoms with Gasteiger partial charge in [0.1, 0.15) is 5.69 Å². The van der Waals surface area contributed by atoms with Crippen molar-refractivity contribution < 1.29 is 4.79 Å². The van der Waals surface area contributed by atoms with E-state index >= 15 is 0 Å². The molecule has 56 valence electrons. The predicted molar refractivity (Wildman–Crippen MR) is 41.2 cm³/mol. The van der Waals surface area contributed by atoms with E-state index in [-0.39, 0.29) is 5.78 Å². The first-order valence-electron chi connectivity index (χ1n) is 3.27. The molecule has 0 fully saturated rings. The van der Waals surface area contributed by atoms with Crippen molar-refractivity contribution in [3.05, 3.63) is 36.4 Å². The van der Waals surface area contributed by atoms with Crippen LogP contribution in [0.5, 0.6) is 0 Å². The van der Waals surface area contributed by atoms with Crippen LogP contribution in [0.4, 0.5) is 0 Å². The molecule has 1 aromatic rings. The van der Waals surface area contributed by atoms with Gasteiger partial charge in [-0.2, -0.15) is 0 Å². The molecule has 0 aliphatic rings. The molecule has 0 bridgehead atoms. The molecular weight excluding hydrogens is 140 g/mol. The van der Waals surface area contributed by atoms with Crippen molar-refractivity contribution in [3.8, 4) is 0 Å². The Kier molecular flexibility index (Phi) is 2.49. The number of allylic oxidation sites excluding steroid dienone is 2. The number of rotatable bonds is 2. The normalized spacial score (nSPS) is 10.3. The van der Waals surface area contributed by atoms with Crippen molar-refractivity contribution in [1.29, 1.82) is 0 Å². The summed E-state index contributed by atoms with van der Waals surface area (Å²) in [4.78, 5) is 18.7. The molecule has 0 radical (unpaired) electrons. The van der Waals surface area contributed by atoms with E-state index in [1.165, 1.54) is 24.7 Å². The number of ketones is 1. The standard InChI is InChI=1S/C8H8N2O/c1-2-3-8(11)7-6-9-4-5-10-7/h2-6H,1H3/b3-2+.